The molecule has 2 N–H and O–H groups in total. The summed E-state index contributed by atoms with van der Waals surface area (Å²) in [5.41, 5.74) is 7.61. The molecule has 0 saturated heterocycles. The molecule has 1 saturated carbocycles. The highest BCUT2D eigenvalue weighted by Crippen LogP contribution is 2.41. The van der Waals surface area contributed by atoms with E-state index in [-0.39, 0.29) is 6.04 Å². The molecule has 1 aromatic rings. The third-order valence-corrected chi connectivity index (χ3v) is 4.34. The van der Waals surface area contributed by atoms with Gasteiger partial charge in [-0.05, 0) is 36.0 Å². The van der Waals surface area contributed by atoms with E-state index < -0.39 is 0 Å². The average Bonchev–Trinajstić information content (AvgIpc) is 2.83. The van der Waals surface area contributed by atoms with Crippen molar-refractivity contribution in [3.05, 3.63) is 23.8 Å². The van der Waals surface area contributed by atoms with Crippen molar-refractivity contribution < 1.29 is 9.47 Å². The minimum atomic E-state index is 0.123. The summed E-state index contributed by atoms with van der Waals surface area (Å²) in [5.74, 6) is 3.03. The molecule has 1 fully saturated rings. The standard InChI is InChI=1S/C15H21NO2/c1-10-3-2-4-12(10)15(16)11-5-6-13-14(9-11)18-8-7-17-13/h5-6,9-10,12,15H,2-4,7-8,16H2,1H3. The molecule has 1 aliphatic carbocycles. The number of hydrogen-bond acceptors (Lipinski definition) is 3. The van der Waals surface area contributed by atoms with Crippen molar-refractivity contribution in [3.8, 4) is 11.5 Å². The molecule has 1 aliphatic heterocycles. The zero-order valence-electron chi connectivity index (χ0n) is 10.9. The van der Waals surface area contributed by atoms with E-state index in [0.717, 1.165) is 17.4 Å². The van der Waals surface area contributed by atoms with Gasteiger partial charge in [-0.3, -0.25) is 0 Å². The van der Waals surface area contributed by atoms with Crippen molar-refractivity contribution in [1.29, 1.82) is 0 Å². The van der Waals surface area contributed by atoms with Crippen LogP contribution in [0.2, 0.25) is 0 Å². The molecule has 0 aromatic heterocycles. The van der Waals surface area contributed by atoms with Gasteiger partial charge in [-0.2, -0.15) is 0 Å². The Morgan fingerprint density at radius 1 is 1.17 bits per heavy atom. The molecule has 1 heterocycles. The number of nitrogens with two attached hydrogens (primary N) is 1. The molecule has 2 aliphatic rings. The van der Waals surface area contributed by atoms with Gasteiger partial charge in [-0.1, -0.05) is 25.8 Å². The Kier molecular flexibility index (Phi) is 3.16. The van der Waals surface area contributed by atoms with Gasteiger partial charge in [-0.15, -0.1) is 0 Å². The molecule has 3 heteroatoms. The van der Waals surface area contributed by atoms with Crippen LogP contribution in [-0.4, -0.2) is 13.2 Å². The van der Waals surface area contributed by atoms with Crippen LogP contribution in [0.4, 0.5) is 0 Å². The predicted molar refractivity (Wildman–Crippen MR) is 70.9 cm³/mol. The van der Waals surface area contributed by atoms with Crippen LogP contribution in [0.15, 0.2) is 18.2 Å². The zero-order valence-corrected chi connectivity index (χ0v) is 10.9. The Morgan fingerprint density at radius 3 is 2.67 bits per heavy atom. The van der Waals surface area contributed by atoms with Crippen LogP contribution in [0.5, 0.6) is 11.5 Å². The highest BCUT2D eigenvalue weighted by molar-refractivity contribution is 5.44. The van der Waals surface area contributed by atoms with E-state index in [0.29, 0.717) is 19.1 Å². The summed E-state index contributed by atoms with van der Waals surface area (Å²) in [4.78, 5) is 0. The monoisotopic (exact) mass is 247 g/mol. The first-order valence-corrected chi connectivity index (χ1v) is 6.91. The Labute approximate surface area is 108 Å². The van der Waals surface area contributed by atoms with Crippen LogP contribution >= 0.6 is 0 Å². The highest BCUT2D eigenvalue weighted by atomic mass is 16.6. The smallest absolute Gasteiger partial charge is 0.161 e. The molecule has 3 unspecified atom stereocenters. The van der Waals surface area contributed by atoms with Crippen molar-refractivity contribution >= 4 is 0 Å². The summed E-state index contributed by atoms with van der Waals surface area (Å²) in [6, 6.07) is 6.26. The highest BCUT2D eigenvalue weighted by Gasteiger charge is 2.30. The first kappa shape index (κ1) is 11.8. The maximum atomic E-state index is 6.43. The number of fused-ring (bicyclic) bond motifs is 1. The number of rotatable bonds is 2. The lowest BCUT2D eigenvalue weighted by atomic mass is 9.86. The second-order valence-electron chi connectivity index (χ2n) is 5.50. The van der Waals surface area contributed by atoms with Gasteiger partial charge in [0.25, 0.3) is 0 Å². The summed E-state index contributed by atoms with van der Waals surface area (Å²) in [5, 5.41) is 0. The Hall–Kier alpha value is -1.22. The summed E-state index contributed by atoms with van der Waals surface area (Å²) in [6.45, 7) is 3.58. The van der Waals surface area contributed by atoms with Crippen molar-refractivity contribution in [2.75, 3.05) is 13.2 Å². The lowest BCUT2D eigenvalue weighted by Crippen LogP contribution is -2.24. The van der Waals surface area contributed by atoms with Gasteiger partial charge < -0.3 is 15.2 Å². The van der Waals surface area contributed by atoms with Crippen molar-refractivity contribution in [1.82, 2.24) is 0 Å². The molecular formula is C15H21NO2. The minimum absolute atomic E-state index is 0.123. The van der Waals surface area contributed by atoms with Gasteiger partial charge >= 0.3 is 0 Å². The molecule has 3 rings (SSSR count). The lowest BCUT2D eigenvalue weighted by Gasteiger charge is -2.25. The van der Waals surface area contributed by atoms with E-state index in [4.69, 9.17) is 15.2 Å². The first-order valence-electron chi connectivity index (χ1n) is 6.91. The van der Waals surface area contributed by atoms with E-state index in [9.17, 15) is 0 Å². The Bertz CT molecular complexity index is 433. The van der Waals surface area contributed by atoms with Crippen LogP contribution in [0.1, 0.15) is 37.8 Å². The molecule has 0 radical (unpaired) electrons. The fourth-order valence-electron chi connectivity index (χ4n) is 3.22. The first-order chi connectivity index (χ1) is 8.75. The fourth-order valence-corrected chi connectivity index (χ4v) is 3.22. The number of ether oxygens (including phenoxy) is 2. The summed E-state index contributed by atoms with van der Waals surface area (Å²) in [7, 11) is 0. The summed E-state index contributed by atoms with van der Waals surface area (Å²) >= 11 is 0. The molecule has 3 atom stereocenters. The lowest BCUT2D eigenvalue weighted by molar-refractivity contribution is 0.171. The number of hydrogen-bond donors (Lipinski definition) is 1. The van der Waals surface area contributed by atoms with E-state index >= 15 is 0 Å². The molecule has 3 nitrogen and oxygen atoms in total. The second-order valence-corrected chi connectivity index (χ2v) is 5.50. The van der Waals surface area contributed by atoms with Gasteiger partial charge in [0.15, 0.2) is 11.5 Å². The van der Waals surface area contributed by atoms with E-state index in [2.05, 4.69) is 19.1 Å². The molecule has 0 spiro atoms. The van der Waals surface area contributed by atoms with Crippen LogP contribution in [0, 0.1) is 11.8 Å². The molecular weight excluding hydrogens is 226 g/mol. The molecule has 0 bridgehead atoms. The maximum absolute atomic E-state index is 6.43. The summed E-state index contributed by atoms with van der Waals surface area (Å²) < 4.78 is 11.2. The Balaban J connectivity index is 1.83. The number of benzene rings is 1. The quantitative estimate of drug-likeness (QED) is 0.874. The van der Waals surface area contributed by atoms with E-state index in [1.54, 1.807) is 0 Å². The topological polar surface area (TPSA) is 44.5 Å². The zero-order chi connectivity index (χ0) is 12.5. The average molecular weight is 247 g/mol. The second kappa shape index (κ2) is 4.81. The molecule has 98 valence electrons. The van der Waals surface area contributed by atoms with Crippen LogP contribution in [0.25, 0.3) is 0 Å². The predicted octanol–water partition coefficient (Wildman–Crippen LogP) is 2.89. The van der Waals surface area contributed by atoms with Crippen molar-refractivity contribution in [2.24, 2.45) is 17.6 Å². The third kappa shape index (κ3) is 2.07. The molecule has 1 aromatic carbocycles. The molecule has 0 amide bonds. The van der Waals surface area contributed by atoms with Crippen LogP contribution in [0.3, 0.4) is 0 Å². The van der Waals surface area contributed by atoms with Gasteiger partial charge in [0.1, 0.15) is 13.2 Å². The maximum Gasteiger partial charge on any atom is 0.161 e. The Morgan fingerprint density at radius 2 is 1.94 bits per heavy atom. The van der Waals surface area contributed by atoms with Gasteiger partial charge in [0.05, 0.1) is 0 Å². The van der Waals surface area contributed by atoms with Crippen LogP contribution in [-0.2, 0) is 0 Å². The normalized spacial score (nSPS) is 28.1. The SMILES string of the molecule is CC1CCCC1C(N)c1ccc2c(c1)OCCO2. The van der Waals surface area contributed by atoms with Gasteiger partial charge in [-0.25, -0.2) is 0 Å². The third-order valence-electron chi connectivity index (χ3n) is 4.34. The van der Waals surface area contributed by atoms with Crippen molar-refractivity contribution in [3.63, 3.8) is 0 Å². The summed E-state index contributed by atoms with van der Waals surface area (Å²) in [6.07, 6.45) is 3.86. The van der Waals surface area contributed by atoms with Crippen LogP contribution < -0.4 is 15.2 Å². The van der Waals surface area contributed by atoms with E-state index in [1.165, 1.54) is 24.8 Å². The largest absolute Gasteiger partial charge is 0.486 e. The van der Waals surface area contributed by atoms with E-state index in [1.807, 2.05) is 6.07 Å². The minimum Gasteiger partial charge on any atom is -0.486 e. The fraction of sp³-hybridized carbons (Fsp3) is 0.600. The molecule has 18 heavy (non-hydrogen) atoms. The van der Waals surface area contributed by atoms with Crippen molar-refractivity contribution in [2.45, 2.75) is 32.2 Å². The van der Waals surface area contributed by atoms with Gasteiger partial charge in [0, 0.05) is 6.04 Å². The van der Waals surface area contributed by atoms with Gasteiger partial charge in [0.2, 0.25) is 0 Å².